The first kappa shape index (κ1) is 53.1. The molecule has 0 amide bonds. The second-order valence-corrected chi connectivity index (χ2v) is 16.5. The minimum absolute atomic E-state index is 0.0250. The van der Waals surface area contributed by atoms with Crippen molar-refractivity contribution >= 4 is 35.0 Å². The summed E-state index contributed by atoms with van der Waals surface area (Å²) in [5, 5.41) is 158. The van der Waals surface area contributed by atoms with Crippen molar-refractivity contribution in [2.45, 2.75) is 98.5 Å². The molecule has 1 aromatic heterocycles. The maximum absolute atomic E-state index is 12.6. The highest BCUT2D eigenvalue weighted by Gasteiger charge is 2.49. The molecule has 3 aromatic carbocycles. The van der Waals surface area contributed by atoms with Gasteiger partial charge in [-0.05, 0) is 23.8 Å². The van der Waals surface area contributed by atoms with E-state index in [1.54, 1.807) is 0 Å². The predicted molar refractivity (Wildman–Crippen MR) is 231 cm³/mol. The molecule has 4 heterocycles. The van der Waals surface area contributed by atoms with Gasteiger partial charge in [0.1, 0.15) is 116 Å². The van der Waals surface area contributed by atoms with Gasteiger partial charge in [0.15, 0.2) is 11.5 Å². The molecule has 15 atom stereocenters. The lowest BCUT2D eigenvalue weighted by Crippen LogP contribution is -2.60. The summed E-state index contributed by atoms with van der Waals surface area (Å²) in [4.78, 5) is 35.6. The molecule has 0 bridgehead atoms. The van der Waals surface area contributed by atoms with Crippen LogP contribution in [-0.2, 0) is 38.1 Å². The molecule has 0 aliphatic carbocycles. The number of carbonyl (C=O) groups excluding carboxylic acids is 2. The number of rotatable bonds is 16. The highest BCUT2D eigenvalue weighted by atomic mass is 16.7. The van der Waals surface area contributed by atoms with Crippen LogP contribution in [-0.4, -0.2) is 206 Å². The van der Waals surface area contributed by atoms with E-state index in [0.717, 1.165) is 36.4 Å². The Kier molecular flexibility index (Phi) is 16.5. The lowest BCUT2D eigenvalue weighted by molar-refractivity contribution is -0.279. The molecule has 4 aromatic rings. The van der Waals surface area contributed by atoms with Gasteiger partial charge in [0, 0.05) is 30.3 Å². The van der Waals surface area contributed by atoms with Gasteiger partial charge in [0.05, 0.1) is 18.2 Å². The minimum atomic E-state index is -2.14. The second kappa shape index (κ2) is 22.4. The quantitative estimate of drug-likeness (QED) is 0.0231. The Morgan fingerprint density at radius 2 is 1.08 bits per heavy atom. The van der Waals surface area contributed by atoms with Crippen molar-refractivity contribution in [1.29, 1.82) is 0 Å². The Hall–Kier alpha value is -6.70. The fourth-order valence-corrected chi connectivity index (χ4v) is 7.52. The van der Waals surface area contributed by atoms with Gasteiger partial charge in [-0.1, -0.05) is 12.1 Å². The molecular formula is C45H49O27+. The van der Waals surface area contributed by atoms with E-state index in [1.807, 2.05) is 0 Å². The van der Waals surface area contributed by atoms with Gasteiger partial charge in [-0.25, -0.2) is 9.21 Å². The number of hydrogen-bond donors (Lipinski definition) is 15. The van der Waals surface area contributed by atoms with E-state index >= 15 is 0 Å². The van der Waals surface area contributed by atoms with Crippen LogP contribution >= 0.6 is 0 Å². The van der Waals surface area contributed by atoms with E-state index in [9.17, 15) is 85.9 Å². The summed E-state index contributed by atoms with van der Waals surface area (Å²) in [6.07, 6.45) is -28.0. The number of phenolic OH excluding ortho intramolecular Hbond substituents is 4. The Morgan fingerprint density at radius 3 is 1.61 bits per heavy atom. The molecule has 3 fully saturated rings. The number of aliphatic hydroxyl groups excluding tert-OH is 10. The van der Waals surface area contributed by atoms with Crippen LogP contribution in [0.4, 0.5) is 0 Å². The van der Waals surface area contributed by atoms with Crippen molar-refractivity contribution in [3.63, 3.8) is 0 Å². The third-order valence-electron chi connectivity index (χ3n) is 11.4. The molecule has 390 valence electrons. The predicted octanol–water partition coefficient (Wildman–Crippen LogP) is -2.97. The van der Waals surface area contributed by atoms with Gasteiger partial charge in [0.2, 0.25) is 30.4 Å². The Labute approximate surface area is 403 Å². The zero-order valence-corrected chi connectivity index (χ0v) is 36.9. The van der Waals surface area contributed by atoms with Gasteiger partial charge in [-0.15, -0.1) is 0 Å². The number of hydrogen-bond acceptors (Lipinski definition) is 25. The molecule has 0 radical (unpaired) electrons. The molecule has 0 saturated carbocycles. The summed E-state index contributed by atoms with van der Waals surface area (Å²) in [5.41, 5.74) is -0.162. The maximum Gasteiger partial charge on any atom is 0.402 e. The summed E-state index contributed by atoms with van der Waals surface area (Å²) in [6, 6.07) is 10.6. The van der Waals surface area contributed by atoms with Crippen LogP contribution in [0.2, 0.25) is 0 Å². The molecule has 7 rings (SSSR count). The number of phenols is 4. The van der Waals surface area contributed by atoms with Crippen LogP contribution in [0.3, 0.4) is 0 Å². The standard InChI is InChI=1S/C45H48O27/c46-13-26-33(55)36(58)39(61)43(70-26)67-23-7-17(8-24(32(23)54)68-44-40(62)37(59)34(56)27(71-44)14-64-30(52)6-3-16-1-4-18(47)5-2-16)42-25(11-20-21(49)9-19(48)10-22(20)66-42)69-45-41(63)38(60)35(57)28(72-45)15-65-31(53)12-29(50)51/h1-11,26-28,33-41,43-46,55-63H,12-15H2,(H4-,47,48,49,50,51,52,54)/p+1/t26-,27-,28-,33-,34-,35-,36+,37+,38+,39-,40-,41-,43-,44-,45-/m1/s1. The van der Waals surface area contributed by atoms with Crippen LogP contribution in [0, 0.1) is 0 Å². The van der Waals surface area contributed by atoms with E-state index in [-0.39, 0.29) is 22.3 Å². The van der Waals surface area contributed by atoms with E-state index in [1.165, 1.54) is 30.3 Å². The van der Waals surface area contributed by atoms with Gasteiger partial charge in [-0.3, -0.25) is 9.59 Å². The molecule has 0 unspecified atom stereocenters. The van der Waals surface area contributed by atoms with Crippen molar-refractivity contribution in [2.75, 3.05) is 19.8 Å². The van der Waals surface area contributed by atoms with Crippen molar-refractivity contribution in [1.82, 2.24) is 0 Å². The lowest BCUT2D eigenvalue weighted by Gasteiger charge is -2.40. The van der Waals surface area contributed by atoms with E-state index < -0.39 is 177 Å². The topological polar surface area (TPSA) is 440 Å². The highest BCUT2D eigenvalue weighted by Crippen LogP contribution is 2.47. The van der Waals surface area contributed by atoms with Crippen molar-refractivity contribution < 1.29 is 133 Å². The van der Waals surface area contributed by atoms with E-state index in [0.29, 0.717) is 5.56 Å². The molecule has 0 spiro atoms. The van der Waals surface area contributed by atoms with Gasteiger partial charge in [-0.2, -0.15) is 0 Å². The number of esters is 2. The molecule has 3 saturated heterocycles. The molecule has 3 aliphatic heterocycles. The summed E-state index contributed by atoms with van der Waals surface area (Å²) >= 11 is 0. The third-order valence-corrected chi connectivity index (χ3v) is 11.4. The van der Waals surface area contributed by atoms with Crippen molar-refractivity contribution in [2.24, 2.45) is 0 Å². The summed E-state index contributed by atoms with van der Waals surface area (Å²) in [5.74, 6) is -8.61. The van der Waals surface area contributed by atoms with Crippen molar-refractivity contribution in [3.8, 4) is 51.6 Å². The number of ether oxygens (including phenoxy) is 8. The molecule has 15 N–H and O–H groups in total. The van der Waals surface area contributed by atoms with Gasteiger partial charge in [0.25, 0.3) is 0 Å². The first-order valence-corrected chi connectivity index (χ1v) is 21.5. The Bertz CT molecular complexity index is 2610. The van der Waals surface area contributed by atoms with Gasteiger partial charge >= 0.3 is 29.3 Å². The third kappa shape index (κ3) is 11.8. The van der Waals surface area contributed by atoms with E-state index in [2.05, 4.69) is 0 Å². The average molecular weight is 1020 g/mol. The fraction of sp³-hybridized carbons (Fsp3) is 0.422. The number of carboxylic acid groups (broad SMARTS) is 1. The largest absolute Gasteiger partial charge is 0.508 e. The normalized spacial score (nSPS) is 30.7. The van der Waals surface area contributed by atoms with Crippen LogP contribution in [0.1, 0.15) is 12.0 Å². The molecule has 3 aliphatic rings. The lowest BCUT2D eigenvalue weighted by atomic mass is 9.99. The smallest absolute Gasteiger partial charge is 0.402 e. The average Bonchev–Trinajstić information content (AvgIpc) is 3.34. The summed E-state index contributed by atoms with van der Waals surface area (Å²) in [6.45, 7) is -2.54. The first-order valence-electron chi connectivity index (χ1n) is 21.5. The second-order valence-electron chi connectivity index (χ2n) is 16.5. The van der Waals surface area contributed by atoms with Gasteiger partial charge < -0.3 is 114 Å². The highest BCUT2D eigenvalue weighted by molar-refractivity contribution is 5.90. The monoisotopic (exact) mass is 1020 g/mol. The summed E-state index contributed by atoms with van der Waals surface area (Å²) < 4.78 is 50.6. The molecule has 27 nitrogen and oxygen atoms in total. The number of aliphatic hydroxyl groups is 10. The van der Waals surface area contributed by atoms with Crippen LogP contribution < -0.4 is 14.2 Å². The van der Waals surface area contributed by atoms with Crippen LogP contribution in [0.5, 0.6) is 40.2 Å². The molecule has 72 heavy (non-hydrogen) atoms. The molecule has 27 heteroatoms. The number of carbonyl (C=O) groups is 3. The minimum Gasteiger partial charge on any atom is -0.508 e. The Balaban J connectivity index is 1.27. The number of carboxylic acids is 1. The van der Waals surface area contributed by atoms with E-state index in [4.69, 9.17) is 47.4 Å². The zero-order chi connectivity index (χ0) is 52.3. The van der Waals surface area contributed by atoms with Crippen LogP contribution in [0.15, 0.2) is 65.1 Å². The number of fused-ring (bicyclic) bond motifs is 1. The Morgan fingerprint density at radius 1 is 0.583 bits per heavy atom. The van der Waals surface area contributed by atoms with Crippen LogP contribution in [0.25, 0.3) is 28.4 Å². The number of benzene rings is 3. The fourth-order valence-electron chi connectivity index (χ4n) is 7.52. The summed E-state index contributed by atoms with van der Waals surface area (Å²) in [7, 11) is 0. The van der Waals surface area contributed by atoms with Crippen molar-refractivity contribution in [3.05, 3.63) is 66.2 Å². The number of aromatic hydroxyl groups is 4. The SMILES string of the molecule is O=C(O)CC(=O)OC[C@H]1O[C@@H](Oc2cc3c(O)cc(O)cc3[o+]c2-c2cc(O[C@@H]3O[C@H](CO)[C@@H](O)[C@H](O)[C@H]3O)c(O)c(O[C@@H]3O[C@H](COC(=O)/C=C/c4ccc(O)cc4)[C@@H](O)[C@H](O)[C@H]3O)c2)[C@H](O)[C@@H](O)[C@@H]1O. The first-order chi connectivity index (χ1) is 34.1. The maximum atomic E-state index is 12.6. The zero-order valence-electron chi connectivity index (χ0n) is 36.9. The molecular weight excluding hydrogens is 972 g/mol. The number of aliphatic carboxylic acids is 1.